The SMILES string of the molecule is COC(=O)CCN(C)C(=O)CSc1ccc(Cl)cc1. The van der Waals surface area contributed by atoms with Crippen molar-refractivity contribution in [1.29, 1.82) is 0 Å². The number of hydrogen-bond donors (Lipinski definition) is 0. The zero-order valence-corrected chi connectivity index (χ0v) is 12.5. The number of ether oxygens (including phenoxy) is 1. The second-order valence-corrected chi connectivity index (χ2v) is 5.37. The summed E-state index contributed by atoms with van der Waals surface area (Å²) in [7, 11) is 3.01. The third-order valence-electron chi connectivity index (χ3n) is 2.48. The maximum atomic E-state index is 11.8. The van der Waals surface area contributed by atoms with Crippen molar-refractivity contribution in [3.8, 4) is 0 Å². The van der Waals surface area contributed by atoms with Crippen LogP contribution < -0.4 is 0 Å². The highest BCUT2D eigenvalue weighted by Gasteiger charge is 2.11. The molecule has 0 aliphatic carbocycles. The summed E-state index contributed by atoms with van der Waals surface area (Å²) in [5, 5.41) is 0.672. The van der Waals surface area contributed by atoms with Crippen LogP contribution in [-0.2, 0) is 14.3 Å². The van der Waals surface area contributed by atoms with Crippen molar-refractivity contribution < 1.29 is 14.3 Å². The predicted octanol–water partition coefficient (Wildman–Crippen LogP) is 2.45. The van der Waals surface area contributed by atoms with Gasteiger partial charge in [-0.05, 0) is 24.3 Å². The first-order valence-electron chi connectivity index (χ1n) is 5.72. The summed E-state index contributed by atoms with van der Waals surface area (Å²) >= 11 is 7.22. The summed E-state index contributed by atoms with van der Waals surface area (Å²) < 4.78 is 4.53. The molecule has 0 saturated heterocycles. The van der Waals surface area contributed by atoms with Crippen LogP contribution >= 0.6 is 23.4 Å². The van der Waals surface area contributed by atoms with Gasteiger partial charge in [0.2, 0.25) is 5.91 Å². The first-order valence-corrected chi connectivity index (χ1v) is 7.08. The van der Waals surface area contributed by atoms with E-state index in [4.69, 9.17) is 11.6 Å². The van der Waals surface area contributed by atoms with Gasteiger partial charge in [-0.3, -0.25) is 9.59 Å². The van der Waals surface area contributed by atoms with E-state index in [1.54, 1.807) is 19.2 Å². The number of hydrogen-bond acceptors (Lipinski definition) is 4. The Hall–Kier alpha value is -1.20. The molecular formula is C13H16ClNO3S. The minimum atomic E-state index is -0.315. The Kier molecular flexibility index (Phi) is 6.73. The van der Waals surface area contributed by atoms with Crippen molar-refractivity contribution in [2.24, 2.45) is 0 Å². The van der Waals surface area contributed by atoms with Crippen LogP contribution in [0.15, 0.2) is 29.2 Å². The smallest absolute Gasteiger partial charge is 0.307 e. The highest BCUT2D eigenvalue weighted by Crippen LogP contribution is 2.20. The number of benzene rings is 1. The summed E-state index contributed by atoms with van der Waals surface area (Å²) in [6.07, 6.45) is 0.213. The number of amides is 1. The van der Waals surface area contributed by atoms with Gasteiger partial charge >= 0.3 is 5.97 Å². The van der Waals surface area contributed by atoms with Crippen LogP contribution in [0.2, 0.25) is 5.02 Å². The van der Waals surface area contributed by atoms with Gasteiger partial charge in [0, 0.05) is 23.5 Å². The molecule has 19 heavy (non-hydrogen) atoms. The van der Waals surface area contributed by atoms with Gasteiger partial charge in [-0.25, -0.2) is 0 Å². The van der Waals surface area contributed by atoms with E-state index in [9.17, 15) is 9.59 Å². The summed E-state index contributed by atoms with van der Waals surface area (Å²) in [4.78, 5) is 25.3. The number of nitrogens with zero attached hydrogens (tertiary/aromatic N) is 1. The lowest BCUT2D eigenvalue weighted by Crippen LogP contribution is -2.30. The number of halogens is 1. The summed E-state index contributed by atoms with van der Waals surface area (Å²) in [5.41, 5.74) is 0. The van der Waals surface area contributed by atoms with E-state index in [2.05, 4.69) is 4.74 Å². The molecule has 4 nitrogen and oxygen atoms in total. The fourth-order valence-electron chi connectivity index (χ4n) is 1.27. The Morgan fingerprint density at radius 1 is 1.32 bits per heavy atom. The first-order chi connectivity index (χ1) is 9.02. The largest absolute Gasteiger partial charge is 0.469 e. The first kappa shape index (κ1) is 15.9. The lowest BCUT2D eigenvalue weighted by Gasteiger charge is -2.16. The summed E-state index contributed by atoms with van der Waals surface area (Å²) in [6.45, 7) is 0.368. The lowest BCUT2D eigenvalue weighted by atomic mass is 10.4. The maximum Gasteiger partial charge on any atom is 0.307 e. The lowest BCUT2D eigenvalue weighted by molar-refractivity contribution is -0.141. The molecule has 104 valence electrons. The Labute approximate surface area is 122 Å². The second kappa shape index (κ2) is 8.07. The minimum Gasteiger partial charge on any atom is -0.469 e. The standard InChI is InChI=1S/C13H16ClNO3S/c1-15(8-7-13(17)18-2)12(16)9-19-11-5-3-10(14)4-6-11/h3-6H,7-9H2,1-2H3. The van der Waals surface area contributed by atoms with E-state index in [0.717, 1.165) is 4.90 Å². The molecule has 0 bridgehead atoms. The van der Waals surface area contributed by atoms with E-state index in [1.807, 2.05) is 12.1 Å². The molecular weight excluding hydrogens is 286 g/mol. The van der Waals surface area contributed by atoms with Crippen molar-refractivity contribution in [3.05, 3.63) is 29.3 Å². The third-order valence-corrected chi connectivity index (χ3v) is 3.73. The zero-order chi connectivity index (χ0) is 14.3. The molecule has 0 saturated carbocycles. The zero-order valence-electron chi connectivity index (χ0n) is 10.9. The van der Waals surface area contributed by atoms with Crippen LogP contribution in [0.3, 0.4) is 0 Å². The molecule has 0 spiro atoms. The molecule has 0 aromatic heterocycles. The van der Waals surface area contributed by atoms with Crippen LogP contribution in [0.25, 0.3) is 0 Å². The molecule has 0 aliphatic heterocycles. The summed E-state index contributed by atoms with van der Waals surface area (Å²) in [6, 6.07) is 7.31. The monoisotopic (exact) mass is 301 g/mol. The maximum absolute atomic E-state index is 11.8. The normalized spacial score (nSPS) is 10.1. The molecule has 0 aliphatic rings. The van der Waals surface area contributed by atoms with Crippen molar-refractivity contribution in [2.75, 3.05) is 26.5 Å². The number of esters is 1. The van der Waals surface area contributed by atoms with Gasteiger partial charge in [0.25, 0.3) is 0 Å². The minimum absolute atomic E-state index is 0.0242. The van der Waals surface area contributed by atoms with Gasteiger partial charge in [-0.15, -0.1) is 11.8 Å². The van der Waals surface area contributed by atoms with Crippen molar-refractivity contribution in [1.82, 2.24) is 4.90 Å². The molecule has 0 N–H and O–H groups in total. The van der Waals surface area contributed by atoms with E-state index >= 15 is 0 Å². The van der Waals surface area contributed by atoms with Crippen molar-refractivity contribution >= 4 is 35.2 Å². The van der Waals surface area contributed by atoms with Gasteiger partial charge in [-0.2, -0.15) is 0 Å². The number of carbonyl (C=O) groups is 2. The van der Waals surface area contributed by atoms with E-state index in [-0.39, 0.29) is 18.3 Å². The van der Waals surface area contributed by atoms with E-state index in [1.165, 1.54) is 23.8 Å². The molecule has 0 unspecified atom stereocenters. The predicted molar refractivity (Wildman–Crippen MR) is 76.4 cm³/mol. The molecule has 0 heterocycles. The Balaban J connectivity index is 2.34. The molecule has 1 aromatic carbocycles. The fourth-order valence-corrected chi connectivity index (χ4v) is 2.24. The molecule has 0 fully saturated rings. The Bertz CT molecular complexity index is 436. The summed E-state index contributed by atoms with van der Waals surface area (Å²) in [5.74, 6) is -0.00638. The average molecular weight is 302 g/mol. The Morgan fingerprint density at radius 3 is 2.53 bits per heavy atom. The van der Waals surface area contributed by atoms with Crippen LogP contribution in [-0.4, -0.2) is 43.2 Å². The quantitative estimate of drug-likeness (QED) is 0.598. The van der Waals surface area contributed by atoms with Gasteiger partial charge in [0.1, 0.15) is 0 Å². The third kappa shape index (κ3) is 5.98. The van der Waals surface area contributed by atoms with Gasteiger partial charge < -0.3 is 9.64 Å². The Morgan fingerprint density at radius 2 is 1.95 bits per heavy atom. The number of rotatable bonds is 6. The number of carbonyl (C=O) groups excluding carboxylic acids is 2. The molecule has 0 atom stereocenters. The van der Waals surface area contributed by atoms with E-state index < -0.39 is 0 Å². The highest BCUT2D eigenvalue weighted by molar-refractivity contribution is 8.00. The molecule has 0 radical (unpaired) electrons. The average Bonchev–Trinajstić information content (AvgIpc) is 2.43. The molecule has 6 heteroatoms. The van der Waals surface area contributed by atoms with E-state index in [0.29, 0.717) is 17.3 Å². The fraction of sp³-hybridized carbons (Fsp3) is 0.385. The highest BCUT2D eigenvalue weighted by atomic mass is 35.5. The van der Waals surface area contributed by atoms with Crippen molar-refractivity contribution in [3.63, 3.8) is 0 Å². The number of methoxy groups -OCH3 is 1. The van der Waals surface area contributed by atoms with Crippen LogP contribution in [0.4, 0.5) is 0 Å². The topological polar surface area (TPSA) is 46.6 Å². The van der Waals surface area contributed by atoms with Gasteiger partial charge in [0.05, 0.1) is 19.3 Å². The molecule has 1 rings (SSSR count). The second-order valence-electron chi connectivity index (χ2n) is 3.88. The molecule has 1 aromatic rings. The van der Waals surface area contributed by atoms with Crippen molar-refractivity contribution in [2.45, 2.75) is 11.3 Å². The molecule has 1 amide bonds. The van der Waals surface area contributed by atoms with Crippen LogP contribution in [0.1, 0.15) is 6.42 Å². The van der Waals surface area contributed by atoms with Gasteiger partial charge in [0.15, 0.2) is 0 Å². The van der Waals surface area contributed by atoms with Crippen LogP contribution in [0, 0.1) is 0 Å². The van der Waals surface area contributed by atoms with Gasteiger partial charge in [-0.1, -0.05) is 11.6 Å². The van der Waals surface area contributed by atoms with Crippen LogP contribution in [0.5, 0.6) is 0 Å². The number of thioether (sulfide) groups is 1.